The van der Waals surface area contributed by atoms with Gasteiger partial charge >= 0.3 is 5.97 Å². The summed E-state index contributed by atoms with van der Waals surface area (Å²) >= 11 is 0. The minimum atomic E-state index is -0.907. The van der Waals surface area contributed by atoms with Crippen LogP contribution < -0.4 is 5.73 Å². The minimum absolute atomic E-state index is 0.357. The van der Waals surface area contributed by atoms with Gasteiger partial charge in [0.1, 0.15) is 5.54 Å². The third-order valence-corrected chi connectivity index (χ3v) is 2.39. The molecule has 1 atom stereocenters. The van der Waals surface area contributed by atoms with E-state index < -0.39 is 5.54 Å². The van der Waals surface area contributed by atoms with Crippen LogP contribution in [0.1, 0.15) is 33.1 Å². The molecule has 0 aromatic carbocycles. The van der Waals surface area contributed by atoms with Gasteiger partial charge in [0, 0.05) is 6.54 Å². The summed E-state index contributed by atoms with van der Waals surface area (Å²) in [7, 11) is 3.34. The lowest BCUT2D eigenvalue weighted by Gasteiger charge is -2.27. The van der Waals surface area contributed by atoms with Crippen molar-refractivity contribution in [2.75, 3.05) is 27.2 Å². The van der Waals surface area contributed by atoms with Crippen LogP contribution >= 0.6 is 0 Å². The van der Waals surface area contributed by atoms with Gasteiger partial charge in [0.25, 0.3) is 0 Å². The molecule has 0 fully saturated rings. The SMILES string of the molecule is CCCCCN(C)CC(C)(N)C(=O)OC. The average Bonchev–Trinajstić information content (AvgIpc) is 2.16. The van der Waals surface area contributed by atoms with Crippen LogP contribution in [0, 0.1) is 0 Å². The lowest BCUT2D eigenvalue weighted by atomic mass is 10.0. The van der Waals surface area contributed by atoms with Crippen LogP contribution in [0.4, 0.5) is 0 Å². The van der Waals surface area contributed by atoms with Crippen molar-refractivity contribution in [1.29, 1.82) is 0 Å². The number of ether oxygens (including phenoxy) is 1. The van der Waals surface area contributed by atoms with E-state index in [1.807, 2.05) is 7.05 Å². The first-order valence-corrected chi connectivity index (χ1v) is 5.50. The van der Waals surface area contributed by atoms with Crippen molar-refractivity contribution in [3.63, 3.8) is 0 Å². The standard InChI is InChI=1S/C11H24N2O2/c1-5-6-7-8-13(3)9-11(2,12)10(14)15-4/h5-9,12H2,1-4H3. The molecule has 0 aromatic rings. The van der Waals surface area contributed by atoms with Crippen molar-refractivity contribution >= 4 is 5.97 Å². The number of nitrogens with zero attached hydrogens (tertiary/aromatic N) is 1. The number of esters is 1. The fourth-order valence-corrected chi connectivity index (χ4v) is 1.57. The number of likely N-dealkylation sites (N-methyl/N-ethyl adjacent to an activating group) is 1. The predicted molar refractivity (Wildman–Crippen MR) is 61.6 cm³/mol. The molecule has 0 aromatic heterocycles. The molecule has 0 aliphatic carbocycles. The summed E-state index contributed by atoms with van der Waals surface area (Å²) in [6, 6.07) is 0. The second-order valence-corrected chi connectivity index (χ2v) is 4.35. The van der Waals surface area contributed by atoms with Crippen LogP contribution in [0.25, 0.3) is 0 Å². The molecule has 0 amide bonds. The maximum atomic E-state index is 11.3. The van der Waals surface area contributed by atoms with Crippen LogP contribution in [0.15, 0.2) is 0 Å². The second-order valence-electron chi connectivity index (χ2n) is 4.35. The van der Waals surface area contributed by atoms with Gasteiger partial charge in [0.05, 0.1) is 7.11 Å². The molecule has 0 saturated heterocycles. The molecule has 0 rings (SSSR count). The van der Waals surface area contributed by atoms with Gasteiger partial charge in [-0.25, -0.2) is 0 Å². The van der Waals surface area contributed by atoms with E-state index in [0.717, 1.165) is 13.0 Å². The first-order valence-electron chi connectivity index (χ1n) is 5.50. The monoisotopic (exact) mass is 216 g/mol. The molecular weight excluding hydrogens is 192 g/mol. The van der Waals surface area contributed by atoms with Crippen LogP contribution in [-0.4, -0.2) is 43.7 Å². The van der Waals surface area contributed by atoms with E-state index in [4.69, 9.17) is 5.73 Å². The van der Waals surface area contributed by atoms with E-state index in [2.05, 4.69) is 16.6 Å². The van der Waals surface area contributed by atoms with E-state index in [-0.39, 0.29) is 5.97 Å². The van der Waals surface area contributed by atoms with Crippen molar-refractivity contribution in [2.24, 2.45) is 5.73 Å². The average molecular weight is 216 g/mol. The Morgan fingerprint density at radius 2 is 2.07 bits per heavy atom. The molecule has 0 heterocycles. The maximum Gasteiger partial charge on any atom is 0.326 e. The van der Waals surface area contributed by atoms with Crippen molar-refractivity contribution in [2.45, 2.75) is 38.6 Å². The molecule has 2 N–H and O–H groups in total. The summed E-state index contributed by atoms with van der Waals surface area (Å²) < 4.78 is 4.65. The Hall–Kier alpha value is -0.610. The number of carbonyl (C=O) groups excluding carboxylic acids is 1. The van der Waals surface area contributed by atoms with Gasteiger partial charge in [0.15, 0.2) is 0 Å². The van der Waals surface area contributed by atoms with Crippen LogP contribution in [0.5, 0.6) is 0 Å². The number of unbranched alkanes of at least 4 members (excludes halogenated alkanes) is 2. The first kappa shape index (κ1) is 14.4. The normalized spacial score (nSPS) is 15.1. The van der Waals surface area contributed by atoms with Gasteiger partial charge in [-0.1, -0.05) is 19.8 Å². The zero-order valence-electron chi connectivity index (χ0n) is 10.4. The van der Waals surface area contributed by atoms with Crippen molar-refractivity contribution in [1.82, 2.24) is 4.90 Å². The second kappa shape index (κ2) is 6.80. The zero-order chi connectivity index (χ0) is 11.9. The molecule has 4 nitrogen and oxygen atoms in total. The predicted octanol–water partition coefficient (Wildman–Crippen LogP) is 0.999. The van der Waals surface area contributed by atoms with Crippen LogP contribution in [0.3, 0.4) is 0 Å². The van der Waals surface area contributed by atoms with Crippen molar-refractivity contribution in [3.05, 3.63) is 0 Å². The van der Waals surface area contributed by atoms with Crippen LogP contribution in [-0.2, 0) is 9.53 Å². The molecular formula is C11H24N2O2. The van der Waals surface area contributed by atoms with E-state index in [0.29, 0.717) is 6.54 Å². The van der Waals surface area contributed by atoms with Crippen LogP contribution in [0.2, 0.25) is 0 Å². The largest absolute Gasteiger partial charge is 0.468 e. The summed E-state index contributed by atoms with van der Waals surface area (Å²) in [6.45, 7) is 5.37. The van der Waals surface area contributed by atoms with Gasteiger partial charge < -0.3 is 15.4 Å². The topological polar surface area (TPSA) is 55.6 Å². The molecule has 15 heavy (non-hydrogen) atoms. The third-order valence-electron chi connectivity index (χ3n) is 2.39. The number of hydrogen-bond donors (Lipinski definition) is 1. The first-order chi connectivity index (χ1) is 6.94. The number of hydrogen-bond acceptors (Lipinski definition) is 4. The molecule has 0 radical (unpaired) electrons. The highest BCUT2D eigenvalue weighted by atomic mass is 16.5. The zero-order valence-corrected chi connectivity index (χ0v) is 10.4. The van der Waals surface area contributed by atoms with E-state index >= 15 is 0 Å². The number of methoxy groups -OCH3 is 1. The molecule has 0 aliphatic heterocycles. The Morgan fingerprint density at radius 1 is 1.47 bits per heavy atom. The highest BCUT2D eigenvalue weighted by Crippen LogP contribution is 2.05. The summed E-state index contributed by atoms with van der Waals surface area (Å²) in [5, 5.41) is 0. The molecule has 0 spiro atoms. The lowest BCUT2D eigenvalue weighted by molar-refractivity contribution is -0.147. The van der Waals surface area contributed by atoms with E-state index in [1.54, 1.807) is 6.92 Å². The quantitative estimate of drug-likeness (QED) is 0.509. The Morgan fingerprint density at radius 3 is 2.53 bits per heavy atom. The lowest BCUT2D eigenvalue weighted by Crippen LogP contribution is -2.53. The fourth-order valence-electron chi connectivity index (χ4n) is 1.57. The van der Waals surface area contributed by atoms with Gasteiger partial charge in [-0.2, -0.15) is 0 Å². The van der Waals surface area contributed by atoms with E-state index in [9.17, 15) is 4.79 Å². The van der Waals surface area contributed by atoms with Gasteiger partial charge in [-0.15, -0.1) is 0 Å². The van der Waals surface area contributed by atoms with Crippen molar-refractivity contribution in [3.8, 4) is 0 Å². The third kappa shape index (κ3) is 5.74. The molecule has 0 aliphatic rings. The molecule has 0 bridgehead atoms. The highest BCUT2D eigenvalue weighted by molar-refractivity contribution is 5.80. The summed E-state index contributed by atoms with van der Waals surface area (Å²) in [5.41, 5.74) is 4.95. The summed E-state index contributed by atoms with van der Waals surface area (Å²) in [4.78, 5) is 13.4. The van der Waals surface area contributed by atoms with Crippen molar-refractivity contribution < 1.29 is 9.53 Å². The molecule has 0 saturated carbocycles. The molecule has 90 valence electrons. The summed E-state index contributed by atoms with van der Waals surface area (Å²) in [5.74, 6) is -0.357. The fraction of sp³-hybridized carbons (Fsp3) is 0.909. The Labute approximate surface area is 92.8 Å². The Balaban J connectivity index is 3.93. The highest BCUT2D eigenvalue weighted by Gasteiger charge is 2.30. The Bertz CT molecular complexity index is 193. The Kier molecular flexibility index (Phi) is 6.52. The minimum Gasteiger partial charge on any atom is -0.468 e. The number of carbonyl (C=O) groups is 1. The smallest absolute Gasteiger partial charge is 0.326 e. The van der Waals surface area contributed by atoms with Gasteiger partial charge in [-0.05, 0) is 26.9 Å². The maximum absolute atomic E-state index is 11.3. The number of rotatable bonds is 7. The van der Waals surface area contributed by atoms with E-state index in [1.165, 1.54) is 20.0 Å². The molecule has 1 unspecified atom stereocenters. The van der Waals surface area contributed by atoms with Gasteiger partial charge in [-0.3, -0.25) is 4.79 Å². The van der Waals surface area contributed by atoms with Gasteiger partial charge in [0.2, 0.25) is 0 Å². The summed E-state index contributed by atoms with van der Waals surface area (Å²) in [6.07, 6.45) is 3.55. The number of nitrogens with two attached hydrogens (primary N) is 1. The molecule has 4 heteroatoms.